The maximum absolute atomic E-state index is 13.4. The third-order valence-electron chi connectivity index (χ3n) is 1.62. The van der Waals surface area contributed by atoms with Crippen molar-refractivity contribution < 1.29 is 13.6 Å². The number of nitrogens with zero attached hydrogens (tertiary/aromatic N) is 2. The molecule has 0 fully saturated rings. The molecular weight excluding hydrogens is 218 g/mol. The number of rotatable bonds is 2. The van der Waals surface area contributed by atoms with Gasteiger partial charge < -0.3 is 5.73 Å². The number of nitrogens with one attached hydrogen (secondary N) is 1. The maximum atomic E-state index is 13.4. The van der Waals surface area contributed by atoms with Gasteiger partial charge in [0.15, 0.2) is 5.82 Å². The van der Waals surface area contributed by atoms with Crippen molar-refractivity contribution >= 4 is 12.2 Å². The normalized spacial score (nSPS) is 10.1. The van der Waals surface area contributed by atoms with Crippen molar-refractivity contribution in [2.24, 2.45) is 10.8 Å². The fraction of sp³-hybridized carbons (Fsp3) is 0. The van der Waals surface area contributed by atoms with E-state index < -0.39 is 23.2 Å². The van der Waals surface area contributed by atoms with Gasteiger partial charge in [0.2, 0.25) is 0 Å². The molecular formula is C9H6F2N4O. The molecule has 7 heteroatoms. The van der Waals surface area contributed by atoms with Crippen LogP contribution >= 0.6 is 0 Å². The minimum atomic E-state index is -1.04. The number of hydrogen-bond acceptors (Lipinski definition) is 3. The smallest absolute Gasteiger partial charge is 0.332 e. The summed E-state index contributed by atoms with van der Waals surface area (Å²) in [5.41, 5.74) is 5.62. The molecule has 16 heavy (non-hydrogen) atoms. The average Bonchev–Trinajstić information content (AvgIpc) is 2.23. The molecule has 0 spiro atoms. The van der Waals surface area contributed by atoms with E-state index in [0.717, 1.165) is 18.3 Å². The highest BCUT2D eigenvalue weighted by Gasteiger charge is 2.11. The van der Waals surface area contributed by atoms with Crippen LogP contribution in [0.4, 0.5) is 13.6 Å². The van der Waals surface area contributed by atoms with Crippen molar-refractivity contribution in [1.82, 2.24) is 5.43 Å². The molecule has 0 aromatic heterocycles. The molecule has 0 bridgehead atoms. The van der Waals surface area contributed by atoms with Gasteiger partial charge in [-0.2, -0.15) is 10.4 Å². The highest BCUT2D eigenvalue weighted by molar-refractivity contribution is 5.82. The molecule has 0 saturated heterocycles. The van der Waals surface area contributed by atoms with Crippen molar-refractivity contribution in [1.29, 1.82) is 5.26 Å². The Bertz CT molecular complexity index is 493. The Morgan fingerprint density at radius 2 is 2.25 bits per heavy atom. The Morgan fingerprint density at radius 3 is 2.81 bits per heavy atom. The Balaban J connectivity index is 3.08. The third-order valence-corrected chi connectivity index (χ3v) is 1.62. The fourth-order valence-electron chi connectivity index (χ4n) is 0.934. The van der Waals surface area contributed by atoms with Crippen LogP contribution in [0.25, 0.3) is 0 Å². The van der Waals surface area contributed by atoms with Gasteiger partial charge in [0.25, 0.3) is 0 Å². The number of amides is 2. The lowest BCUT2D eigenvalue weighted by molar-refractivity contribution is 0.249. The zero-order valence-corrected chi connectivity index (χ0v) is 7.87. The number of benzene rings is 1. The Morgan fingerprint density at radius 1 is 1.56 bits per heavy atom. The zero-order valence-electron chi connectivity index (χ0n) is 7.87. The van der Waals surface area contributed by atoms with Gasteiger partial charge in [-0.3, -0.25) is 0 Å². The van der Waals surface area contributed by atoms with Crippen molar-refractivity contribution in [3.05, 3.63) is 34.9 Å². The van der Waals surface area contributed by atoms with Gasteiger partial charge in [-0.1, -0.05) is 0 Å². The molecule has 1 aromatic rings. The summed E-state index contributed by atoms with van der Waals surface area (Å²) in [6.07, 6.45) is 0.732. The summed E-state index contributed by atoms with van der Waals surface area (Å²) < 4.78 is 26.5. The van der Waals surface area contributed by atoms with E-state index in [1.54, 1.807) is 11.5 Å². The summed E-state index contributed by atoms with van der Waals surface area (Å²) >= 11 is 0. The number of hydrogen-bond donors (Lipinski definition) is 2. The topological polar surface area (TPSA) is 91.3 Å². The quantitative estimate of drug-likeness (QED) is 0.575. The van der Waals surface area contributed by atoms with Crippen LogP contribution in [0.2, 0.25) is 0 Å². The van der Waals surface area contributed by atoms with E-state index in [1.807, 2.05) is 0 Å². The van der Waals surface area contributed by atoms with Crippen LogP contribution in [0.1, 0.15) is 11.1 Å². The van der Waals surface area contributed by atoms with Gasteiger partial charge in [0, 0.05) is 0 Å². The summed E-state index contributed by atoms with van der Waals surface area (Å²) in [6.45, 7) is 0. The summed E-state index contributed by atoms with van der Waals surface area (Å²) in [5.74, 6) is -1.94. The SMILES string of the molecule is N#Cc1ccc(F)c(C=NNC(N)=O)c1F. The van der Waals surface area contributed by atoms with Crippen LogP contribution in [-0.2, 0) is 0 Å². The molecule has 0 unspecified atom stereocenters. The molecule has 0 radical (unpaired) electrons. The van der Waals surface area contributed by atoms with Gasteiger partial charge in [0.1, 0.15) is 11.9 Å². The van der Waals surface area contributed by atoms with Gasteiger partial charge in [-0.25, -0.2) is 19.0 Å². The Labute approximate surface area is 89.2 Å². The first-order chi connectivity index (χ1) is 7.56. The molecule has 1 aromatic carbocycles. The van der Waals surface area contributed by atoms with Crippen LogP contribution in [0.15, 0.2) is 17.2 Å². The predicted molar refractivity (Wildman–Crippen MR) is 51.4 cm³/mol. The lowest BCUT2D eigenvalue weighted by Crippen LogP contribution is -2.24. The van der Waals surface area contributed by atoms with E-state index in [1.165, 1.54) is 0 Å². The maximum Gasteiger partial charge on any atom is 0.332 e. The lowest BCUT2D eigenvalue weighted by atomic mass is 10.1. The number of carbonyl (C=O) groups excluding carboxylic acids is 1. The van der Waals surface area contributed by atoms with Crippen molar-refractivity contribution in [2.75, 3.05) is 0 Å². The number of nitrogens with two attached hydrogens (primary N) is 1. The number of halogens is 2. The van der Waals surface area contributed by atoms with E-state index in [0.29, 0.717) is 0 Å². The predicted octanol–water partition coefficient (Wildman–Crippen LogP) is 0.839. The van der Waals surface area contributed by atoms with Gasteiger partial charge >= 0.3 is 6.03 Å². The minimum absolute atomic E-state index is 0.318. The van der Waals surface area contributed by atoms with Crippen molar-refractivity contribution in [2.45, 2.75) is 0 Å². The van der Waals surface area contributed by atoms with Crippen molar-refractivity contribution in [3.63, 3.8) is 0 Å². The molecule has 1 rings (SSSR count). The first-order valence-electron chi connectivity index (χ1n) is 4.03. The van der Waals surface area contributed by atoms with E-state index in [4.69, 9.17) is 5.26 Å². The monoisotopic (exact) mass is 224 g/mol. The van der Waals surface area contributed by atoms with E-state index >= 15 is 0 Å². The largest absolute Gasteiger partial charge is 0.350 e. The lowest BCUT2D eigenvalue weighted by Gasteiger charge is -2.00. The molecule has 0 saturated carbocycles. The molecule has 5 nitrogen and oxygen atoms in total. The highest BCUT2D eigenvalue weighted by atomic mass is 19.1. The second-order valence-corrected chi connectivity index (χ2v) is 2.67. The Kier molecular flexibility index (Phi) is 3.50. The Hall–Kier alpha value is -2.49. The molecule has 0 atom stereocenters. The fourth-order valence-corrected chi connectivity index (χ4v) is 0.934. The molecule has 0 aliphatic carbocycles. The van der Waals surface area contributed by atoms with Gasteiger partial charge in [-0.05, 0) is 12.1 Å². The summed E-state index contributed by atoms with van der Waals surface area (Å²) in [4.78, 5) is 10.2. The number of nitriles is 1. The molecule has 82 valence electrons. The van der Waals surface area contributed by atoms with E-state index in [2.05, 4.69) is 10.8 Å². The van der Waals surface area contributed by atoms with Crippen LogP contribution in [0, 0.1) is 23.0 Å². The molecule has 0 aliphatic rings. The zero-order chi connectivity index (χ0) is 12.1. The van der Waals surface area contributed by atoms with Crippen LogP contribution in [0.5, 0.6) is 0 Å². The number of hydrazone groups is 1. The number of urea groups is 1. The number of primary amides is 1. The van der Waals surface area contributed by atoms with Gasteiger partial charge in [-0.15, -0.1) is 0 Å². The minimum Gasteiger partial charge on any atom is -0.350 e. The van der Waals surface area contributed by atoms with Crippen LogP contribution < -0.4 is 11.2 Å². The first kappa shape index (κ1) is 11.6. The molecule has 3 N–H and O–H groups in total. The van der Waals surface area contributed by atoms with Gasteiger partial charge in [0.05, 0.1) is 17.3 Å². The second kappa shape index (κ2) is 4.84. The first-order valence-corrected chi connectivity index (χ1v) is 4.03. The van der Waals surface area contributed by atoms with Crippen LogP contribution in [-0.4, -0.2) is 12.2 Å². The second-order valence-electron chi connectivity index (χ2n) is 2.67. The molecule has 0 aliphatic heterocycles. The third kappa shape index (κ3) is 2.51. The summed E-state index contributed by atoms with van der Waals surface area (Å²) in [5, 5.41) is 11.7. The average molecular weight is 224 g/mol. The number of carbonyl (C=O) groups is 1. The summed E-state index contributed by atoms with van der Waals surface area (Å²) in [6, 6.07) is 2.51. The molecule has 2 amide bonds. The van der Waals surface area contributed by atoms with Crippen LogP contribution in [0.3, 0.4) is 0 Å². The molecule has 0 heterocycles. The highest BCUT2D eigenvalue weighted by Crippen LogP contribution is 2.14. The van der Waals surface area contributed by atoms with Crippen molar-refractivity contribution in [3.8, 4) is 6.07 Å². The standard InChI is InChI=1S/C9H6F2N4O/c10-7-2-1-5(3-12)8(11)6(7)4-14-15-9(13)16/h1-2,4H,(H3,13,15,16). The summed E-state index contributed by atoms with van der Waals surface area (Å²) in [7, 11) is 0. The van der Waals surface area contributed by atoms with E-state index in [9.17, 15) is 13.6 Å². The van der Waals surface area contributed by atoms with E-state index in [-0.39, 0.29) is 5.56 Å².